The van der Waals surface area contributed by atoms with E-state index in [0.29, 0.717) is 0 Å². The smallest absolute Gasteiger partial charge is 0.320 e. The highest BCUT2D eigenvalue weighted by atomic mass is 32.2. The van der Waals surface area contributed by atoms with Crippen molar-refractivity contribution < 1.29 is 46.9 Å². The maximum atomic E-state index is 13.6. The maximum absolute atomic E-state index is 13.6. The molecule has 4 atom stereocenters. The molecule has 0 amide bonds. The molecule has 0 aromatic heterocycles. The van der Waals surface area contributed by atoms with Crippen molar-refractivity contribution >= 4 is 64.3 Å². The summed E-state index contributed by atoms with van der Waals surface area (Å²) < 4.78 is 59.1. The van der Waals surface area contributed by atoms with Crippen LogP contribution >= 0.6 is 0 Å². The molecule has 4 aromatic carbocycles. The van der Waals surface area contributed by atoms with Gasteiger partial charge in [-0.25, -0.2) is 26.3 Å². The van der Waals surface area contributed by atoms with E-state index in [0.717, 1.165) is 12.1 Å². The Morgan fingerprint density at radius 1 is 0.690 bits per heavy atom. The van der Waals surface area contributed by atoms with Gasteiger partial charge in [0.15, 0.2) is 0 Å². The van der Waals surface area contributed by atoms with Crippen LogP contribution in [-0.2, 0) is 29.6 Å². The second-order valence-corrected chi connectivity index (χ2v) is 13.7. The van der Waals surface area contributed by atoms with Gasteiger partial charge in [0, 0.05) is 51.5 Å². The van der Waals surface area contributed by atoms with Crippen molar-refractivity contribution in [1.82, 2.24) is 9.44 Å². The van der Waals surface area contributed by atoms with Crippen molar-refractivity contribution in [2.45, 2.75) is 35.7 Å². The molecule has 14 nitrogen and oxygen atoms in total. The van der Waals surface area contributed by atoms with Gasteiger partial charge < -0.3 is 31.9 Å². The Morgan fingerprint density at radius 3 is 1.38 bits per heavy atom. The Bertz CT molecular complexity index is 1800. The molecule has 10 N–H and O–H groups in total. The minimum atomic E-state index is -4.51. The van der Waals surface area contributed by atoms with Gasteiger partial charge in [0.2, 0.25) is 20.0 Å². The van der Waals surface area contributed by atoms with Gasteiger partial charge >= 0.3 is 11.9 Å². The molecule has 0 saturated carbocycles. The first-order valence-corrected chi connectivity index (χ1v) is 15.6. The first-order valence-electron chi connectivity index (χ1n) is 12.6. The zero-order chi connectivity index (χ0) is 31.3. The van der Waals surface area contributed by atoms with Gasteiger partial charge in [0.1, 0.15) is 23.6 Å². The van der Waals surface area contributed by atoms with E-state index in [9.17, 15) is 36.6 Å². The number of aromatic hydroxyl groups is 2. The molecule has 42 heavy (non-hydrogen) atoms. The summed E-state index contributed by atoms with van der Waals surface area (Å²) in [5, 5.41) is 40.3. The van der Waals surface area contributed by atoms with E-state index in [4.69, 9.17) is 21.7 Å². The van der Waals surface area contributed by atoms with Crippen LogP contribution < -0.4 is 20.9 Å². The number of benzene rings is 4. The molecule has 226 valence electrons. The van der Waals surface area contributed by atoms with Crippen LogP contribution in [0.15, 0.2) is 46.2 Å². The third-order valence-electron chi connectivity index (χ3n) is 7.35. The number of rotatable bonds is 12. The van der Waals surface area contributed by atoms with Crippen molar-refractivity contribution in [3.63, 3.8) is 0 Å². The SMILES string of the molecule is CC(CNS(=O)(=O)c1cc(S(=O)(=O)NCC(C)C(N)C(=O)O)c2ccc3c(O)cc(O)c4ccc1c2c43)C(N)C(=O)O. The molecule has 0 aliphatic heterocycles. The Hall–Kier alpha value is -3.80. The van der Waals surface area contributed by atoms with E-state index >= 15 is 0 Å². The summed E-state index contributed by atoms with van der Waals surface area (Å²) in [6, 6.07) is 4.94. The molecule has 0 fully saturated rings. The van der Waals surface area contributed by atoms with Crippen LogP contribution in [0.1, 0.15) is 13.8 Å². The maximum Gasteiger partial charge on any atom is 0.320 e. The van der Waals surface area contributed by atoms with Crippen molar-refractivity contribution in [2.75, 3.05) is 13.1 Å². The lowest BCUT2D eigenvalue weighted by atomic mass is 9.93. The van der Waals surface area contributed by atoms with Gasteiger partial charge in [-0.1, -0.05) is 26.0 Å². The number of carbonyl (C=O) groups is 2. The van der Waals surface area contributed by atoms with Gasteiger partial charge in [-0.3, -0.25) is 9.59 Å². The second kappa shape index (κ2) is 11.1. The standard InChI is InChI=1S/C26H30N4O10S2/c1-11(23(27)25(33)34)9-29-41(37,38)19-8-20(42(39,40)30-10-12(2)24(28)26(35)36)16-6-4-14-18(32)7-17(31)13-3-5-15(19)22(16)21(13)14/h3-8,11-12,23-24,29-32H,9-10,27-28H2,1-2H3,(H,33,34)(H,35,36). The summed E-state index contributed by atoms with van der Waals surface area (Å²) in [5.74, 6) is -4.99. The van der Waals surface area contributed by atoms with Crippen molar-refractivity contribution in [2.24, 2.45) is 23.3 Å². The molecular weight excluding hydrogens is 592 g/mol. The van der Waals surface area contributed by atoms with Crippen LogP contribution in [0, 0.1) is 11.8 Å². The first kappa shape index (κ1) is 31.1. The van der Waals surface area contributed by atoms with Gasteiger partial charge in [-0.05, 0) is 30.0 Å². The minimum Gasteiger partial charge on any atom is -0.507 e. The fourth-order valence-corrected chi connectivity index (χ4v) is 7.53. The molecule has 0 heterocycles. The number of phenolic OH excluding ortho intramolecular Hbond substituents is 2. The largest absolute Gasteiger partial charge is 0.507 e. The number of aliphatic carboxylic acids is 2. The van der Waals surface area contributed by atoms with Crippen molar-refractivity contribution in [1.29, 1.82) is 0 Å². The van der Waals surface area contributed by atoms with E-state index in [1.807, 2.05) is 0 Å². The molecule has 16 heteroatoms. The molecule has 4 unspecified atom stereocenters. The number of nitrogens with one attached hydrogen (secondary N) is 2. The van der Waals surface area contributed by atoms with Crippen LogP contribution in [-0.4, -0.2) is 74.4 Å². The normalized spacial score (nSPS) is 15.6. The Kier molecular flexibility index (Phi) is 8.25. The summed E-state index contributed by atoms with van der Waals surface area (Å²) in [6.07, 6.45) is 0. The summed E-state index contributed by atoms with van der Waals surface area (Å²) in [6.45, 7) is 2.09. The average Bonchev–Trinajstić information content (AvgIpc) is 2.93. The van der Waals surface area contributed by atoms with E-state index in [1.165, 1.54) is 38.1 Å². The Balaban J connectivity index is 1.96. The third kappa shape index (κ3) is 5.51. The average molecular weight is 623 g/mol. The van der Waals surface area contributed by atoms with E-state index in [2.05, 4.69) is 9.44 Å². The number of hydrogen-bond donors (Lipinski definition) is 8. The number of carboxylic acid groups (broad SMARTS) is 2. The monoisotopic (exact) mass is 622 g/mol. The second-order valence-electron chi connectivity index (χ2n) is 10.2. The van der Waals surface area contributed by atoms with E-state index in [-0.39, 0.29) is 56.9 Å². The molecule has 4 rings (SSSR count). The van der Waals surface area contributed by atoms with Gasteiger partial charge in [0.25, 0.3) is 0 Å². The van der Waals surface area contributed by atoms with Crippen LogP contribution in [0.25, 0.3) is 32.3 Å². The van der Waals surface area contributed by atoms with E-state index < -0.39 is 65.7 Å². The highest BCUT2D eigenvalue weighted by Gasteiger charge is 2.30. The molecule has 0 bridgehead atoms. The van der Waals surface area contributed by atoms with Gasteiger partial charge in [-0.15, -0.1) is 0 Å². The molecule has 0 saturated heterocycles. The number of sulfonamides is 2. The minimum absolute atomic E-state index is 0.0657. The molecule has 4 aromatic rings. The summed E-state index contributed by atoms with van der Waals surface area (Å²) in [5.41, 5.74) is 11.2. The zero-order valence-corrected chi connectivity index (χ0v) is 24.0. The quantitative estimate of drug-likeness (QED) is 0.101. The summed E-state index contributed by atoms with van der Waals surface area (Å²) >= 11 is 0. The Morgan fingerprint density at radius 2 is 1.02 bits per heavy atom. The molecule has 0 radical (unpaired) electrons. The molecular formula is C26H30N4O10S2. The van der Waals surface area contributed by atoms with Gasteiger partial charge in [-0.2, -0.15) is 0 Å². The van der Waals surface area contributed by atoms with Crippen LogP contribution in [0.3, 0.4) is 0 Å². The molecule has 0 aliphatic carbocycles. The molecule has 0 spiro atoms. The van der Waals surface area contributed by atoms with Crippen LogP contribution in [0.4, 0.5) is 0 Å². The number of hydrogen-bond acceptors (Lipinski definition) is 10. The fourth-order valence-electron chi connectivity index (χ4n) is 4.72. The lowest BCUT2D eigenvalue weighted by molar-refractivity contribution is -0.140. The number of carboxylic acids is 2. The fraction of sp³-hybridized carbons (Fsp3) is 0.308. The third-order valence-corrected chi connectivity index (χ3v) is 10.3. The lowest BCUT2D eigenvalue weighted by Crippen LogP contribution is -2.43. The topological polar surface area (TPSA) is 259 Å². The predicted molar refractivity (Wildman–Crippen MR) is 153 cm³/mol. The molecule has 0 aliphatic rings. The van der Waals surface area contributed by atoms with Crippen molar-refractivity contribution in [3.05, 3.63) is 36.4 Å². The number of nitrogens with two attached hydrogens (primary N) is 2. The Labute approximate surface area is 240 Å². The number of phenols is 2. The van der Waals surface area contributed by atoms with Crippen LogP contribution in [0.5, 0.6) is 11.5 Å². The summed E-state index contributed by atoms with van der Waals surface area (Å²) in [7, 11) is -9.02. The highest BCUT2D eigenvalue weighted by molar-refractivity contribution is 7.90. The first-order chi connectivity index (χ1) is 19.5. The highest BCUT2D eigenvalue weighted by Crippen LogP contribution is 2.45. The predicted octanol–water partition coefficient (Wildman–Crippen LogP) is 0.648. The van der Waals surface area contributed by atoms with Crippen molar-refractivity contribution in [3.8, 4) is 11.5 Å². The zero-order valence-electron chi connectivity index (χ0n) is 22.4. The summed E-state index contributed by atoms with van der Waals surface area (Å²) in [4.78, 5) is 21.5. The van der Waals surface area contributed by atoms with E-state index in [1.54, 1.807) is 0 Å². The lowest BCUT2D eigenvalue weighted by Gasteiger charge is -2.21. The van der Waals surface area contributed by atoms with Crippen LogP contribution in [0.2, 0.25) is 0 Å². The van der Waals surface area contributed by atoms with Gasteiger partial charge in [0.05, 0.1) is 9.79 Å².